The minimum absolute atomic E-state index is 0.00365. The zero-order valence-corrected chi connectivity index (χ0v) is 11.4. The number of alkyl halides is 3. The van der Waals surface area contributed by atoms with Crippen LogP contribution >= 0.6 is 0 Å². The lowest BCUT2D eigenvalue weighted by Gasteiger charge is -2.11. The lowest BCUT2D eigenvalue weighted by molar-refractivity contribution is -0.141. The maximum Gasteiger partial charge on any atom is 0.433 e. The van der Waals surface area contributed by atoms with Crippen molar-refractivity contribution < 1.29 is 13.2 Å². The van der Waals surface area contributed by atoms with Crippen molar-refractivity contribution >= 4 is 5.82 Å². The third-order valence-corrected chi connectivity index (χ3v) is 2.77. The Bertz CT molecular complexity index is 773. The second-order valence-electron chi connectivity index (χ2n) is 4.38. The largest absolute Gasteiger partial charge is 0.433 e. The van der Waals surface area contributed by atoms with E-state index in [1.165, 1.54) is 24.5 Å². The van der Waals surface area contributed by atoms with Crippen LogP contribution in [-0.2, 0) is 12.7 Å². The summed E-state index contributed by atoms with van der Waals surface area (Å²) >= 11 is 0. The summed E-state index contributed by atoms with van der Waals surface area (Å²) in [6.07, 6.45) is -1.69. The van der Waals surface area contributed by atoms with Crippen molar-refractivity contribution in [3.05, 3.63) is 42.1 Å². The lowest BCUT2D eigenvalue weighted by atomic mass is 10.2. The number of H-pyrrole nitrogens is 1. The van der Waals surface area contributed by atoms with Crippen LogP contribution in [0.15, 0.2) is 30.6 Å². The molecule has 118 valence electrons. The van der Waals surface area contributed by atoms with Crippen LogP contribution < -0.4 is 5.32 Å². The fourth-order valence-electron chi connectivity index (χ4n) is 1.74. The number of anilines is 1. The smallest absolute Gasteiger partial charge is 0.362 e. The summed E-state index contributed by atoms with van der Waals surface area (Å²) in [5.41, 5.74) is -0.622. The first kappa shape index (κ1) is 14.8. The number of hydrogen-bond acceptors (Lipinski definition) is 7. The van der Waals surface area contributed by atoms with Gasteiger partial charge in [-0.2, -0.15) is 18.4 Å². The molecule has 3 aromatic heterocycles. The fraction of sp³-hybridized carbons (Fsp3) is 0.167. The Labute approximate surface area is 127 Å². The molecular weight excluding hydrogens is 313 g/mol. The van der Waals surface area contributed by atoms with Crippen LogP contribution in [0.3, 0.4) is 0 Å². The van der Waals surface area contributed by atoms with Crippen molar-refractivity contribution in [2.24, 2.45) is 0 Å². The minimum Gasteiger partial charge on any atom is -0.362 e. The van der Waals surface area contributed by atoms with Gasteiger partial charge in [-0.25, -0.2) is 9.97 Å². The van der Waals surface area contributed by atoms with Crippen molar-refractivity contribution in [1.29, 1.82) is 0 Å². The average molecular weight is 322 g/mol. The topological polar surface area (TPSA) is 105 Å². The summed E-state index contributed by atoms with van der Waals surface area (Å²) in [5, 5.41) is 15.7. The van der Waals surface area contributed by atoms with Gasteiger partial charge in [0.05, 0.1) is 6.54 Å². The molecule has 0 spiro atoms. The SMILES string of the molecule is FC(F)(F)c1cc(NCc2nn[nH]n2)nc(-c2ccncc2)n1. The van der Waals surface area contributed by atoms with Gasteiger partial charge in [-0.15, -0.1) is 10.2 Å². The van der Waals surface area contributed by atoms with Crippen LogP contribution in [0.25, 0.3) is 11.4 Å². The lowest BCUT2D eigenvalue weighted by Crippen LogP contribution is -2.12. The summed E-state index contributed by atoms with van der Waals surface area (Å²) in [6, 6.07) is 3.88. The monoisotopic (exact) mass is 322 g/mol. The number of nitrogens with zero attached hydrogens (tertiary/aromatic N) is 6. The molecule has 0 aliphatic carbocycles. The highest BCUT2D eigenvalue weighted by atomic mass is 19.4. The standard InChI is InChI=1S/C12H9F3N8/c13-12(14,15)8-5-9(17-6-10-20-22-23-21-10)19-11(18-8)7-1-3-16-4-2-7/h1-5H,6H2,(H,17,18,19)(H,20,21,22,23). The number of aromatic nitrogens is 7. The average Bonchev–Trinajstić information content (AvgIpc) is 3.06. The van der Waals surface area contributed by atoms with Gasteiger partial charge in [0.15, 0.2) is 17.3 Å². The van der Waals surface area contributed by atoms with Gasteiger partial charge in [0, 0.05) is 24.0 Å². The minimum atomic E-state index is -4.59. The Morgan fingerprint density at radius 2 is 1.91 bits per heavy atom. The maximum absolute atomic E-state index is 13.0. The molecule has 0 atom stereocenters. The number of nitrogens with one attached hydrogen (secondary N) is 2. The van der Waals surface area contributed by atoms with Crippen LogP contribution in [0.2, 0.25) is 0 Å². The Hall–Kier alpha value is -3.11. The number of hydrogen-bond donors (Lipinski definition) is 2. The number of tetrazole rings is 1. The highest BCUT2D eigenvalue weighted by molar-refractivity contribution is 5.57. The van der Waals surface area contributed by atoms with E-state index in [1.54, 1.807) is 0 Å². The normalized spacial score (nSPS) is 11.4. The molecule has 11 heteroatoms. The summed E-state index contributed by atoms with van der Waals surface area (Å²) in [7, 11) is 0. The van der Waals surface area contributed by atoms with E-state index in [0.717, 1.165) is 6.07 Å². The molecule has 0 saturated carbocycles. The predicted molar refractivity (Wildman–Crippen MR) is 71.8 cm³/mol. The molecule has 3 heterocycles. The molecule has 3 aromatic rings. The van der Waals surface area contributed by atoms with Crippen molar-refractivity contribution in [2.45, 2.75) is 12.7 Å². The van der Waals surface area contributed by atoms with E-state index in [1.807, 2.05) is 0 Å². The highest BCUT2D eigenvalue weighted by Gasteiger charge is 2.33. The molecule has 0 saturated heterocycles. The number of halogens is 3. The van der Waals surface area contributed by atoms with E-state index in [0.29, 0.717) is 11.4 Å². The van der Waals surface area contributed by atoms with Gasteiger partial charge in [0.2, 0.25) is 0 Å². The van der Waals surface area contributed by atoms with Crippen molar-refractivity contribution in [1.82, 2.24) is 35.6 Å². The van der Waals surface area contributed by atoms with E-state index in [4.69, 9.17) is 0 Å². The van der Waals surface area contributed by atoms with Gasteiger partial charge >= 0.3 is 6.18 Å². The molecule has 0 radical (unpaired) electrons. The van der Waals surface area contributed by atoms with Crippen molar-refractivity contribution in [3.63, 3.8) is 0 Å². The first-order valence-electron chi connectivity index (χ1n) is 6.35. The zero-order valence-electron chi connectivity index (χ0n) is 11.4. The highest BCUT2D eigenvalue weighted by Crippen LogP contribution is 2.30. The zero-order chi connectivity index (χ0) is 16.3. The van der Waals surface area contributed by atoms with Crippen LogP contribution in [0.5, 0.6) is 0 Å². The molecule has 0 bridgehead atoms. The van der Waals surface area contributed by atoms with Gasteiger partial charge in [0.25, 0.3) is 0 Å². The molecule has 2 N–H and O–H groups in total. The molecule has 0 unspecified atom stereocenters. The van der Waals surface area contributed by atoms with Gasteiger partial charge in [-0.3, -0.25) is 4.98 Å². The van der Waals surface area contributed by atoms with E-state index in [2.05, 4.69) is 40.9 Å². The molecular formula is C12H9F3N8. The third kappa shape index (κ3) is 3.56. The van der Waals surface area contributed by atoms with Crippen LogP contribution in [0.4, 0.5) is 19.0 Å². The molecule has 3 rings (SSSR count). The first-order chi connectivity index (χ1) is 11.0. The number of pyridine rings is 1. The molecule has 0 aliphatic heterocycles. The number of aromatic amines is 1. The molecule has 0 fully saturated rings. The fourth-order valence-corrected chi connectivity index (χ4v) is 1.74. The van der Waals surface area contributed by atoms with Gasteiger partial charge in [0.1, 0.15) is 5.82 Å². The van der Waals surface area contributed by atoms with E-state index in [-0.39, 0.29) is 18.2 Å². The van der Waals surface area contributed by atoms with Crippen molar-refractivity contribution in [3.8, 4) is 11.4 Å². The van der Waals surface area contributed by atoms with E-state index < -0.39 is 11.9 Å². The predicted octanol–water partition coefficient (Wildman–Crippen LogP) is 1.68. The second-order valence-corrected chi connectivity index (χ2v) is 4.38. The van der Waals surface area contributed by atoms with Crippen molar-refractivity contribution in [2.75, 3.05) is 5.32 Å². The van der Waals surface area contributed by atoms with Gasteiger partial charge < -0.3 is 5.32 Å². The van der Waals surface area contributed by atoms with Crippen LogP contribution in [0.1, 0.15) is 11.5 Å². The Morgan fingerprint density at radius 1 is 1.13 bits per heavy atom. The van der Waals surface area contributed by atoms with E-state index >= 15 is 0 Å². The molecule has 0 aromatic carbocycles. The van der Waals surface area contributed by atoms with E-state index in [9.17, 15) is 13.2 Å². The summed E-state index contributed by atoms with van der Waals surface area (Å²) < 4.78 is 39.0. The molecule has 0 amide bonds. The molecule has 8 nitrogen and oxygen atoms in total. The third-order valence-electron chi connectivity index (χ3n) is 2.77. The second kappa shape index (κ2) is 5.94. The summed E-state index contributed by atoms with van der Waals surface area (Å²) in [6.45, 7) is 0.0700. The first-order valence-corrected chi connectivity index (χ1v) is 6.35. The Kier molecular flexibility index (Phi) is 3.83. The maximum atomic E-state index is 13.0. The Morgan fingerprint density at radius 3 is 2.57 bits per heavy atom. The molecule has 0 aliphatic rings. The quantitative estimate of drug-likeness (QED) is 0.753. The summed E-state index contributed by atoms with van der Waals surface area (Å²) in [5.74, 6) is 0.240. The Balaban J connectivity index is 1.95. The van der Waals surface area contributed by atoms with Crippen LogP contribution in [0, 0.1) is 0 Å². The van der Waals surface area contributed by atoms with Crippen LogP contribution in [-0.4, -0.2) is 35.6 Å². The van der Waals surface area contributed by atoms with Gasteiger partial charge in [-0.1, -0.05) is 5.21 Å². The number of rotatable bonds is 4. The van der Waals surface area contributed by atoms with Gasteiger partial charge in [-0.05, 0) is 12.1 Å². The molecule has 23 heavy (non-hydrogen) atoms. The summed E-state index contributed by atoms with van der Waals surface area (Å²) in [4.78, 5) is 11.5.